The minimum absolute atomic E-state index is 0.268. The van der Waals surface area contributed by atoms with Gasteiger partial charge in [0.2, 0.25) is 0 Å². The normalized spacial score (nSPS) is 10.4. The lowest BCUT2D eigenvalue weighted by Crippen LogP contribution is -2.24. The van der Waals surface area contributed by atoms with Crippen LogP contribution in [0.15, 0.2) is 60.7 Å². The fraction of sp³-hybridized carbons (Fsp3) is 0.227. The number of carbonyl (C=O) groups excluding carboxylic acids is 1. The number of aryl methyl sites for hydroxylation is 1. The third-order valence-corrected chi connectivity index (χ3v) is 4.24. The van der Waals surface area contributed by atoms with Gasteiger partial charge < -0.3 is 15.0 Å². The van der Waals surface area contributed by atoms with Crippen molar-refractivity contribution in [3.05, 3.63) is 72.2 Å². The van der Waals surface area contributed by atoms with E-state index in [0.29, 0.717) is 23.0 Å². The van der Waals surface area contributed by atoms with Gasteiger partial charge in [-0.25, -0.2) is 9.97 Å². The molecule has 1 N–H and O–H groups in total. The molecule has 0 saturated carbocycles. The van der Waals surface area contributed by atoms with E-state index in [-0.39, 0.29) is 5.91 Å². The highest BCUT2D eigenvalue weighted by atomic mass is 16.5. The molecule has 0 unspecified atom stereocenters. The van der Waals surface area contributed by atoms with Crippen LogP contribution in [-0.4, -0.2) is 29.0 Å². The first-order valence-corrected chi connectivity index (χ1v) is 9.34. The van der Waals surface area contributed by atoms with Gasteiger partial charge in [-0.3, -0.25) is 4.79 Å². The van der Waals surface area contributed by atoms with Gasteiger partial charge >= 0.3 is 0 Å². The molecule has 1 heterocycles. The Morgan fingerprint density at radius 1 is 0.964 bits per heavy atom. The van der Waals surface area contributed by atoms with Crippen LogP contribution in [0.4, 0.5) is 11.5 Å². The Labute approximate surface area is 165 Å². The van der Waals surface area contributed by atoms with E-state index in [1.165, 1.54) is 0 Å². The largest absolute Gasteiger partial charge is 0.457 e. The quantitative estimate of drug-likeness (QED) is 0.649. The standard InChI is InChI=1S/C22H24N4O2/c1-4-26(5-2)21-15-20(23-16(3)24-21)22(27)25-17-11-13-19(14-12-17)28-18-9-7-6-8-10-18/h6-15H,4-5H2,1-3H3,(H,25,27). The number of amides is 1. The summed E-state index contributed by atoms with van der Waals surface area (Å²) < 4.78 is 5.77. The number of hydrogen-bond acceptors (Lipinski definition) is 5. The number of nitrogens with zero attached hydrogens (tertiary/aromatic N) is 3. The van der Waals surface area contributed by atoms with Gasteiger partial charge in [0.05, 0.1) is 0 Å². The van der Waals surface area contributed by atoms with Gasteiger partial charge in [0.25, 0.3) is 5.91 Å². The summed E-state index contributed by atoms with van der Waals surface area (Å²) in [5, 5.41) is 2.88. The molecule has 2 aromatic carbocycles. The number of ether oxygens (including phenoxy) is 1. The monoisotopic (exact) mass is 376 g/mol. The molecule has 0 aliphatic carbocycles. The van der Waals surface area contributed by atoms with Crippen molar-refractivity contribution in [2.45, 2.75) is 20.8 Å². The highest BCUT2D eigenvalue weighted by molar-refractivity contribution is 6.03. The summed E-state index contributed by atoms with van der Waals surface area (Å²) in [6.07, 6.45) is 0. The van der Waals surface area contributed by atoms with E-state index in [1.807, 2.05) is 42.5 Å². The predicted octanol–water partition coefficient (Wildman–Crippen LogP) is 4.68. The van der Waals surface area contributed by atoms with Crippen LogP contribution in [0.3, 0.4) is 0 Å². The van der Waals surface area contributed by atoms with Crippen LogP contribution in [0.1, 0.15) is 30.2 Å². The summed E-state index contributed by atoms with van der Waals surface area (Å²) in [6.45, 7) is 7.53. The molecule has 0 fully saturated rings. The number of hydrogen-bond donors (Lipinski definition) is 1. The summed E-state index contributed by atoms with van der Waals surface area (Å²) in [5.41, 5.74) is 1.02. The first kappa shape index (κ1) is 19.4. The maximum absolute atomic E-state index is 12.6. The number of rotatable bonds is 7. The molecule has 0 aliphatic rings. The van der Waals surface area contributed by atoms with Crippen LogP contribution in [0.5, 0.6) is 11.5 Å². The van der Waals surface area contributed by atoms with E-state index in [1.54, 1.807) is 25.1 Å². The SMILES string of the molecule is CCN(CC)c1cc(C(=O)Nc2ccc(Oc3ccccc3)cc2)nc(C)n1. The number of benzene rings is 2. The Morgan fingerprint density at radius 3 is 2.25 bits per heavy atom. The second-order valence-corrected chi connectivity index (χ2v) is 6.22. The fourth-order valence-electron chi connectivity index (χ4n) is 2.80. The lowest BCUT2D eigenvalue weighted by molar-refractivity contribution is 0.102. The summed E-state index contributed by atoms with van der Waals surface area (Å²) in [4.78, 5) is 23.4. The molecule has 3 rings (SSSR count). The topological polar surface area (TPSA) is 67.4 Å². The molecule has 6 heteroatoms. The molecule has 3 aromatic rings. The second-order valence-electron chi connectivity index (χ2n) is 6.22. The Bertz CT molecular complexity index is 923. The first-order chi connectivity index (χ1) is 13.6. The molecular weight excluding hydrogens is 352 g/mol. The van der Waals surface area contributed by atoms with Gasteiger partial charge in [0, 0.05) is 24.8 Å². The van der Waals surface area contributed by atoms with Crippen molar-refractivity contribution in [1.82, 2.24) is 9.97 Å². The van der Waals surface area contributed by atoms with E-state index >= 15 is 0 Å². The van der Waals surface area contributed by atoms with Crippen molar-refractivity contribution >= 4 is 17.4 Å². The van der Waals surface area contributed by atoms with Crippen LogP contribution in [0, 0.1) is 6.92 Å². The Hall–Kier alpha value is -3.41. The van der Waals surface area contributed by atoms with Crippen LogP contribution in [0.2, 0.25) is 0 Å². The van der Waals surface area contributed by atoms with Gasteiger partial charge in [0.15, 0.2) is 0 Å². The lowest BCUT2D eigenvalue weighted by atomic mass is 10.2. The van der Waals surface area contributed by atoms with Crippen LogP contribution in [0.25, 0.3) is 0 Å². The molecule has 1 aromatic heterocycles. The van der Waals surface area contributed by atoms with E-state index < -0.39 is 0 Å². The highest BCUT2D eigenvalue weighted by Gasteiger charge is 2.13. The number of anilines is 2. The smallest absolute Gasteiger partial charge is 0.274 e. The van der Waals surface area contributed by atoms with Crippen LogP contribution < -0.4 is 15.0 Å². The van der Waals surface area contributed by atoms with Crippen LogP contribution >= 0.6 is 0 Å². The van der Waals surface area contributed by atoms with Crippen LogP contribution in [-0.2, 0) is 0 Å². The zero-order valence-electron chi connectivity index (χ0n) is 16.3. The minimum atomic E-state index is -0.268. The Morgan fingerprint density at radius 2 is 1.61 bits per heavy atom. The van der Waals surface area contributed by atoms with E-state index in [9.17, 15) is 4.79 Å². The molecule has 0 spiro atoms. The lowest BCUT2D eigenvalue weighted by Gasteiger charge is -2.20. The third-order valence-electron chi connectivity index (χ3n) is 4.24. The van der Waals surface area contributed by atoms with E-state index in [4.69, 9.17) is 4.74 Å². The van der Waals surface area contributed by atoms with Crippen molar-refractivity contribution in [2.75, 3.05) is 23.3 Å². The molecule has 0 radical (unpaired) electrons. The average Bonchev–Trinajstić information content (AvgIpc) is 2.71. The van der Waals surface area contributed by atoms with Gasteiger partial charge in [-0.2, -0.15) is 0 Å². The molecular formula is C22H24N4O2. The van der Waals surface area contributed by atoms with Crippen molar-refractivity contribution in [2.24, 2.45) is 0 Å². The molecule has 6 nitrogen and oxygen atoms in total. The fourth-order valence-corrected chi connectivity index (χ4v) is 2.80. The maximum atomic E-state index is 12.6. The zero-order chi connectivity index (χ0) is 19.9. The molecule has 0 aliphatic heterocycles. The summed E-state index contributed by atoms with van der Waals surface area (Å²) >= 11 is 0. The summed E-state index contributed by atoms with van der Waals surface area (Å²) in [5.74, 6) is 2.52. The molecule has 28 heavy (non-hydrogen) atoms. The van der Waals surface area contributed by atoms with Gasteiger partial charge in [-0.15, -0.1) is 0 Å². The Balaban J connectivity index is 1.71. The van der Waals surface area contributed by atoms with Crippen molar-refractivity contribution < 1.29 is 9.53 Å². The predicted molar refractivity (Wildman–Crippen MR) is 111 cm³/mol. The summed E-state index contributed by atoms with van der Waals surface area (Å²) in [6, 6.07) is 18.5. The van der Waals surface area contributed by atoms with Gasteiger partial charge in [-0.1, -0.05) is 18.2 Å². The van der Waals surface area contributed by atoms with Gasteiger partial charge in [-0.05, 0) is 57.2 Å². The molecule has 0 saturated heterocycles. The van der Waals surface area contributed by atoms with Crippen molar-refractivity contribution in [3.63, 3.8) is 0 Å². The molecule has 0 atom stereocenters. The second kappa shape index (κ2) is 8.99. The molecule has 1 amide bonds. The van der Waals surface area contributed by atoms with E-state index in [0.717, 1.165) is 24.7 Å². The average molecular weight is 376 g/mol. The Kier molecular flexibility index (Phi) is 6.22. The molecule has 144 valence electrons. The third kappa shape index (κ3) is 4.85. The number of para-hydroxylation sites is 1. The molecule has 0 bridgehead atoms. The summed E-state index contributed by atoms with van der Waals surface area (Å²) in [7, 11) is 0. The van der Waals surface area contributed by atoms with Crippen molar-refractivity contribution in [3.8, 4) is 11.5 Å². The highest BCUT2D eigenvalue weighted by Crippen LogP contribution is 2.23. The zero-order valence-corrected chi connectivity index (χ0v) is 16.3. The first-order valence-electron chi connectivity index (χ1n) is 9.34. The maximum Gasteiger partial charge on any atom is 0.274 e. The number of nitrogens with one attached hydrogen (secondary N) is 1. The van der Waals surface area contributed by atoms with Crippen molar-refractivity contribution in [1.29, 1.82) is 0 Å². The number of aromatic nitrogens is 2. The van der Waals surface area contributed by atoms with E-state index in [2.05, 4.69) is 34.0 Å². The number of carbonyl (C=O) groups is 1. The van der Waals surface area contributed by atoms with Gasteiger partial charge in [0.1, 0.15) is 28.8 Å². The minimum Gasteiger partial charge on any atom is -0.457 e.